The standard InChI is InChI=1S/C17H21FN4OS/c1-12-7-9-22(10-8-12)15(23)11-24-17-20-19-16(21(17)2)13-5-3-4-6-14(13)18/h3-6,12H,7-11H2,1-2H3. The molecule has 128 valence electrons. The van der Waals surface area contributed by atoms with Crippen molar-refractivity contribution in [3.8, 4) is 11.4 Å². The lowest BCUT2D eigenvalue weighted by Gasteiger charge is -2.30. The minimum Gasteiger partial charge on any atom is -0.342 e. The number of likely N-dealkylation sites (tertiary alicyclic amines) is 1. The molecule has 3 rings (SSSR count). The Labute approximate surface area is 145 Å². The molecule has 1 amide bonds. The van der Waals surface area contributed by atoms with Crippen molar-refractivity contribution in [2.45, 2.75) is 24.9 Å². The van der Waals surface area contributed by atoms with E-state index >= 15 is 0 Å². The van der Waals surface area contributed by atoms with E-state index < -0.39 is 0 Å². The summed E-state index contributed by atoms with van der Waals surface area (Å²) >= 11 is 1.35. The first kappa shape index (κ1) is 17.0. The minimum atomic E-state index is -0.330. The van der Waals surface area contributed by atoms with Crippen LogP contribution in [0.5, 0.6) is 0 Å². The molecule has 0 spiro atoms. The molecule has 1 aliphatic heterocycles. The van der Waals surface area contributed by atoms with E-state index in [1.807, 2.05) is 4.90 Å². The highest BCUT2D eigenvalue weighted by Crippen LogP contribution is 2.25. The molecule has 0 unspecified atom stereocenters. The number of hydrogen-bond acceptors (Lipinski definition) is 4. The van der Waals surface area contributed by atoms with Crippen LogP contribution in [0.4, 0.5) is 4.39 Å². The fourth-order valence-corrected chi connectivity index (χ4v) is 3.61. The number of thioether (sulfide) groups is 1. The summed E-state index contributed by atoms with van der Waals surface area (Å²) in [6.45, 7) is 3.89. The molecular weight excluding hydrogens is 327 g/mol. The number of rotatable bonds is 4. The molecule has 5 nitrogen and oxygen atoms in total. The molecule has 0 radical (unpaired) electrons. The first-order valence-corrected chi connectivity index (χ1v) is 9.09. The molecular formula is C17H21FN4OS. The van der Waals surface area contributed by atoms with Gasteiger partial charge in [-0.05, 0) is 30.9 Å². The molecule has 1 saturated heterocycles. The van der Waals surface area contributed by atoms with Gasteiger partial charge in [0.05, 0.1) is 11.3 Å². The van der Waals surface area contributed by atoms with Crippen molar-refractivity contribution in [3.63, 3.8) is 0 Å². The Bertz CT molecular complexity index is 725. The van der Waals surface area contributed by atoms with Crippen LogP contribution in [0.25, 0.3) is 11.4 Å². The molecule has 0 N–H and O–H groups in total. The van der Waals surface area contributed by atoms with E-state index in [2.05, 4.69) is 17.1 Å². The fraction of sp³-hybridized carbons (Fsp3) is 0.471. The Morgan fingerprint density at radius 2 is 2.00 bits per heavy atom. The van der Waals surface area contributed by atoms with Crippen LogP contribution >= 0.6 is 11.8 Å². The van der Waals surface area contributed by atoms with Gasteiger partial charge >= 0.3 is 0 Å². The van der Waals surface area contributed by atoms with E-state index in [1.165, 1.54) is 17.8 Å². The predicted octanol–water partition coefficient (Wildman–Crippen LogP) is 2.97. The molecule has 1 aliphatic rings. The quantitative estimate of drug-likeness (QED) is 0.797. The van der Waals surface area contributed by atoms with Gasteiger partial charge in [-0.2, -0.15) is 0 Å². The van der Waals surface area contributed by atoms with Crippen molar-refractivity contribution in [1.29, 1.82) is 0 Å². The van der Waals surface area contributed by atoms with Gasteiger partial charge in [-0.25, -0.2) is 4.39 Å². The molecule has 0 atom stereocenters. The summed E-state index contributed by atoms with van der Waals surface area (Å²) in [6.07, 6.45) is 2.13. The lowest BCUT2D eigenvalue weighted by molar-refractivity contribution is -0.129. The molecule has 1 aromatic heterocycles. The number of carbonyl (C=O) groups is 1. The third-order valence-corrected chi connectivity index (χ3v) is 5.42. The zero-order chi connectivity index (χ0) is 17.1. The van der Waals surface area contributed by atoms with Crippen LogP contribution in [-0.4, -0.2) is 44.4 Å². The molecule has 1 aromatic carbocycles. The number of hydrogen-bond donors (Lipinski definition) is 0. The SMILES string of the molecule is CC1CCN(C(=O)CSc2nnc(-c3ccccc3F)n2C)CC1. The van der Waals surface area contributed by atoms with Crippen molar-refractivity contribution in [3.05, 3.63) is 30.1 Å². The summed E-state index contributed by atoms with van der Waals surface area (Å²) in [5, 5.41) is 8.79. The third kappa shape index (κ3) is 3.61. The zero-order valence-corrected chi connectivity index (χ0v) is 14.7. The summed E-state index contributed by atoms with van der Waals surface area (Å²) in [5.74, 6) is 1.29. The molecule has 2 heterocycles. The van der Waals surface area contributed by atoms with Crippen LogP contribution < -0.4 is 0 Å². The van der Waals surface area contributed by atoms with Crippen molar-refractivity contribution in [2.75, 3.05) is 18.8 Å². The largest absolute Gasteiger partial charge is 0.342 e. The average Bonchev–Trinajstić information content (AvgIpc) is 2.94. The van der Waals surface area contributed by atoms with Gasteiger partial charge in [0.2, 0.25) is 5.91 Å². The molecule has 1 fully saturated rings. The van der Waals surface area contributed by atoms with Crippen molar-refractivity contribution < 1.29 is 9.18 Å². The lowest BCUT2D eigenvalue weighted by Crippen LogP contribution is -2.38. The van der Waals surface area contributed by atoms with Gasteiger partial charge in [-0.3, -0.25) is 4.79 Å². The third-order valence-electron chi connectivity index (χ3n) is 4.41. The molecule has 0 bridgehead atoms. The first-order chi connectivity index (χ1) is 11.6. The van der Waals surface area contributed by atoms with E-state index in [4.69, 9.17) is 0 Å². The molecule has 2 aromatic rings. The van der Waals surface area contributed by atoms with E-state index in [0.29, 0.717) is 28.2 Å². The van der Waals surface area contributed by atoms with Gasteiger partial charge in [0.15, 0.2) is 11.0 Å². The maximum absolute atomic E-state index is 13.9. The summed E-state index contributed by atoms with van der Waals surface area (Å²) in [5.41, 5.74) is 0.413. The van der Waals surface area contributed by atoms with Crippen LogP contribution in [-0.2, 0) is 11.8 Å². The highest BCUT2D eigenvalue weighted by atomic mass is 32.2. The normalized spacial score (nSPS) is 15.7. The number of piperidine rings is 1. The maximum Gasteiger partial charge on any atom is 0.233 e. The Balaban J connectivity index is 1.65. The van der Waals surface area contributed by atoms with Gasteiger partial charge in [0.25, 0.3) is 0 Å². The smallest absolute Gasteiger partial charge is 0.233 e. The summed E-state index contributed by atoms with van der Waals surface area (Å²) in [4.78, 5) is 14.2. The minimum absolute atomic E-state index is 0.127. The topological polar surface area (TPSA) is 51.0 Å². The first-order valence-electron chi connectivity index (χ1n) is 8.11. The van der Waals surface area contributed by atoms with Crippen LogP contribution in [0.1, 0.15) is 19.8 Å². The second-order valence-corrected chi connectivity index (χ2v) is 7.14. The summed E-state index contributed by atoms with van der Waals surface area (Å²) < 4.78 is 15.6. The van der Waals surface area contributed by atoms with Crippen LogP contribution in [0, 0.1) is 11.7 Å². The number of amides is 1. The zero-order valence-electron chi connectivity index (χ0n) is 13.9. The Morgan fingerprint density at radius 3 is 2.71 bits per heavy atom. The Morgan fingerprint density at radius 1 is 1.29 bits per heavy atom. The number of benzene rings is 1. The summed E-state index contributed by atoms with van der Waals surface area (Å²) in [7, 11) is 1.79. The van der Waals surface area contributed by atoms with Gasteiger partial charge in [0.1, 0.15) is 5.82 Å². The lowest BCUT2D eigenvalue weighted by atomic mass is 9.99. The monoisotopic (exact) mass is 348 g/mol. The van der Waals surface area contributed by atoms with E-state index in [-0.39, 0.29) is 11.7 Å². The van der Waals surface area contributed by atoms with E-state index in [1.54, 1.807) is 29.8 Å². The van der Waals surface area contributed by atoms with Gasteiger partial charge in [0, 0.05) is 20.1 Å². The van der Waals surface area contributed by atoms with Crippen molar-refractivity contribution >= 4 is 17.7 Å². The Kier molecular flexibility index (Phi) is 5.18. The van der Waals surface area contributed by atoms with Crippen LogP contribution in [0.2, 0.25) is 0 Å². The highest BCUT2D eigenvalue weighted by Gasteiger charge is 2.21. The Hall–Kier alpha value is -1.89. The van der Waals surface area contributed by atoms with Gasteiger partial charge < -0.3 is 9.47 Å². The van der Waals surface area contributed by atoms with Gasteiger partial charge in [-0.1, -0.05) is 30.8 Å². The van der Waals surface area contributed by atoms with Crippen molar-refractivity contribution in [2.24, 2.45) is 13.0 Å². The second kappa shape index (κ2) is 7.34. The molecule has 0 aliphatic carbocycles. The fourth-order valence-electron chi connectivity index (χ4n) is 2.79. The summed E-state index contributed by atoms with van der Waals surface area (Å²) in [6, 6.07) is 6.48. The van der Waals surface area contributed by atoms with Crippen LogP contribution in [0.3, 0.4) is 0 Å². The van der Waals surface area contributed by atoms with E-state index in [0.717, 1.165) is 25.9 Å². The number of carbonyl (C=O) groups excluding carboxylic acids is 1. The number of nitrogens with zero attached hydrogens (tertiary/aromatic N) is 4. The number of halogens is 1. The molecule has 0 saturated carbocycles. The van der Waals surface area contributed by atoms with Crippen molar-refractivity contribution in [1.82, 2.24) is 19.7 Å². The maximum atomic E-state index is 13.9. The second-order valence-electron chi connectivity index (χ2n) is 6.20. The number of aromatic nitrogens is 3. The average molecular weight is 348 g/mol. The predicted molar refractivity (Wildman–Crippen MR) is 92.1 cm³/mol. The molecule has 24 heavy (non-hydrogen) atoms. The van der Waals surface area contributed by atoms with Crippen LogP contribution in [0.15, 0.2) is 29.4 Å². The van der Waals surface area contributed by atoms with Gasteiger partial charge in [-0.15, -0.1) is 10.2 Å². The van der Waals surface area contributed by atoms with E-state index in [9.17, 15) is 9.18 Å². The highest BCUT2D eigenvalue weighted by molar-refractivity contribution is 7.99. The molecule has 7 heteroatoms.